The predicted octanol–water partition coefficient (Wildman–Crippen LogP) is 0.552. The maximum Gasteiger partial charge on any atom is 0.330 e. The summed E-state index contributed by atoms with van der Waals surface area (Å²) in [5.41, 5.74) is 5.12. The molecule has 0 heterocycles. The zero-order valence-electron chi connectivity index (χ0n) is 6.91. The summed E-state index contributed by atoms with van der Waals surface area (Å²) in [5.74, 6) is -0.258. The Kier molecular flexibility index (Phi) is 5.51. The van der Waals surface area contributed by atoms with Gasteiger partial charge in [-0.15, -0.1) is 0 Å². The lowest BCUT2D eigenvalue weighted by Crippen LogP contribution is -2.07. The first-order chi connectivity index (χ1) is 5.66. The highest BCUT2D eigenvalue weighted by Gasteiger charge is 1.94. The fourth-order valence-corrected chi connectivity index (χ4v) is 0.494. The van der Waals surface area contributed by atoms with Crippen molar-refractivity contribution in [3.8, 4) is 0 Å². The molecule has 0 atom stereocenters. The maximum absolute atomic E-state index is 10.5. The Morgan fingerprint density at radius 1 is 1.42 bits per heavy atom. The molecule has 0 aromatic rings. The second-order valence-electron chi connectivity index (χ2n) is 2.04. The van der Waals surface area contributed by atoms with Crippen LogP contribution in [0.25, 0.3) is 0 Å². The van der Waals surface area contributed by atoms with Crippen LogP contribution in [-0.4, -0.2) is 19.2 Å². The monoisotopic (exact) mass is 171 g/mol. The molecule has 68 valence electrons. The Balaban J connectivity index is 3.16. The molecule has 0 aromatic heterocycles. The summed E-state index contributed by atoms with van der Waals surface area (Å²) in [6, 6.07) is 0. The van der Waals surface area contributed by atoms with E-state index in [1.54, 1.807) is 0 Å². The van der Waals surface area contributed by atoms with Crippen molar-refractivity contribution in [1.29, 1.82) is 0 Å². The minimum atomic E-state index is -0.429. The summed E-state index contributed by atoms with van der Waals surface area (Å²) in [5, 5.41) is 0. The molecule has 12 heavy (non-hydrogen) atoms. The molecule has 0 aliphatic carbocycles. The molecule has 0 amide bonds. The average molecular weight is 171 g/mol. The van der Waals surface area contributed by atoms with Crippen LogP contribution in [0.1, 0.15) is 6.42 Å². The van der Waals surface area contributed by atoms with Crippen molar-refractivity contribution in [1.82, 2.24) is 0 Å². The molecule has 0 bridgehead atoms. The van der Waals surface area contributed by atoms with Gasteiger partial charge in [-0.1, -0.05) is 6.58 Å². The quantitative estimate of drug-likeness (QED) is 0.274. The normalized spacial score (nSPS) is 8.67. The number of ether oxygens (including phenoxy) is 2. The predicted molar refractivity (Wildman–Crippen MR) is 45.1 cm³/mol. The number of hydrogen-bond acceptors (Lipinski definition) is 4. The van der Waals surface area contributed by atoms with Crippen molar-refractivity contribution in [2.75, 3.05) is 13.2 Å². The van der Waals surface area contributed by atoms with Gasteiger partial charge in [-0.3, -0.25) is 0 Å². The van der Waals surface area contributed by atoms with Crippen molar-refractivity contribution < 1.29 is 14.3 Å². The standard InChI is InChI=1S/C8H13NO3/c1-3-8(10)12-6-4-5-11-7(2)9/h3H,1-2,4-6,9H2. The molecule has 0 unspecified atom stereocenters. The van der Waals surface area contributed by atoms with Gasteiger partial charge in [0.2, 0.25) is 0 Å². The molecule has 0 aliphatic rings. The highest BCUT2D eigenvalue weighted by Crippen LogP contribution is 1.89. The smallest absolute Gasteiger partial charge is 0.330 e. The van der Waals surface area contributed by atoms with E-state index in [4.69, 9.17) is 10.5 Å². The Morgan fingerprint density at radius 2 is 2.00 bits per heavy atom. The van der Waals surface area contributed by atoms with Crippen LogP contribution in [-0.2, 0) is 14.3 Å². The van der Waals surface area contributed by atoms with Crippen molar-refractivity contribution >= 4 is 5.97 Å². The van der Waals surface area contributed by atoms with E-state index in [1.165, 1.54) is 0 Å². The molecule has 0 aromatic carbocycles. The summed E-state index contributed by atoms with van der Waals surface area (Å²) in [4.78, 5) is 10.5. The van der Waals surface area contributed by atoms with E-state index >= 15 is 0 Å². The number of carbonyl (C=O) groups is 1. The summed E-state index contributed by atoms with van der Waals surface area (Å²) >= 11 is 0. The largest absolute Gasteiger partial charge is 0.480 e. The van der Waals surface area contributed by atoms with Crippen molar-refractivity contribution in [3.05, 3.63) is 25.1 Å². The third-order valence-corrected chi connectivity index (χ3v) is 0.987. The van der Waals surface area contributed by atoms with Crippen molar-refractivity contribution in [2.24, 2.45) is 5.73 Å². The molecule has 0 saturated carbocycles. The van der Waals surface area contributed by atoms with Gasteiger partial charge in [0.05, 0.1) is 13.2 Å². The molecule has 0 fully saturated rings. The summed E-state index contributed by atoms with van der Waals surface area (Å²) in [6.07, 6.45) is 1.71. The van der Waals surface area contributed by atoms with Crippen LogP contribution in [0, 0.1) is 0 Å². The molecule has 0 aliphatic heterocycles. The zero-order valence-corrected chi connectivity index (χ0v) is 6.91. The Labute approximate surface area is 71.6 Å². The molecule has 0 spiro atoms. The zero-order chi connectivity index (χ0) is 9.40. The van der Waals surface area contributed by atoms with E-state index in [9.17, 15) is 4.79 Å². The fourth-order valence-electron chi connectivity index (χ4n) is 0.494. The van der Waals surface area contributed by atoms with E-state index in [0.29, 0.717) is 19.6 Å². The van der Waals surface area contributed by atoms with Crippen molar-refractivity contribution in [3.63, 3.8) is 0 Å². The van der Waals surface area contributed by atoms with Gasteiger partial charge in [0.25, 0.3) is 0 Å². The highest BCUT2D eigenvalue weighted by molar-refractivity contribution is 5.81. The minimum Gasteiger partial charge on any atom is -0.480 e. The van der Waals surface area contributed by atoms with Crippen LogP contribution in [0.4, 0.5) is 0 Å². The van der Waals surface area contributed by atoms with Crippen LogP contribution < -0.4 is 5.73 Å². The third kappa shape index (κ3) is 6.67. The van der Waals surface area contributed by atoms with Crippen LogP contribution in [0.2, 0.25) is 0 Å². The first-order valence-electron chi connectivity index (χ1n) is 3.53. The van der Waals surface area contributed by atoms with Crippen LogP contribution in [0.3, 0.4) is 0 Å². The fraction of sp³-hybridized carbons (Fsp3) is 0.375. The summed E-state index contributed by atoms with van der Waals surface area (Å²) in [6.45, 7) is 7.29. The van der Waals surface area contributed by atoms with Gasteiger partial charge in [-0.05, 0) is 6.58 Å². The number of rotatable bonds is 6. The van der Waals surface area contributed by atoms with E-state index in [2.05, 4.69) is 17.9 Å². The molecule has 4 heteroatoms. The van der Waals surface area contributed by atoms with Crippen LogP contribution in [0.15, 0.2) is 25.1 Å². The van der Waals surface area contributed by atoms with Gasteiger partial charge in [0.1, 0.15) is 0 Å². The Bertz CT molecular complexity index is 177. The molecule has 2 N–H and O–H groups in total. The van der Waals surface area contributed by atoms with E-state index < -0.39 is 5.97 Å². The first kappa shape index (κ1) is 10.6. The van der Waals surface area contributed by atoms with Crippen molar-refractivity contribution in [2.45, 2.75) is 6.42 Å². The summed E-state index contributed by atoms with van der Waals surface area (Å²) in [7, 11) is 0. The van der Waals surface area contributed by atoms with Crippen LogP contribution >= 0.6 is 0 Å². The lowest BCUT2D eigenvalue weighted by atomic mass is 10.5. The molecule has 0 saturated heterocycles. The van der Waals surface area contributed by atoms with Gasteiger partial charge in [-0.2, -0.15) is 0 Å². The van der Waals surface area contributed by atoms with Gasteiger partial charge in [0.15, 0.2) is 5.88 Å². The SMILES string of the molecule is C=CC(=O)OCCCOC(=C)N. The number of nitrogens with two attached hydrogens (primary N) is 1. The van der Waals surface area contributed by atoms with Gasteiger partial charge >= 0.3 is 5.97 Å². The highest BCUT2D eigenvalue weighted by atomic mass is 16.5. The lowest BCUT2D eigenvalue weighted by molar-refractivity contribution is -0.138. The third-order valence-electron chi connectivity index (χ3n) is 0.987. The molecule has 4 nitrogen and oxygen atoms in total. The molecular formula is C8H13NO3. The Hall–Kier alpha value is -1.45. The first-order valence-corrected chi connectivity index (χ1v) is 3.53. The maximum atomic E-state index is 10.5. The van der Waals surface area contributed by atoms with E-state index in [1.807, 2.05) is 0 Å². The number of carbonyl (C=O) groups excluding carboxylic acids is 1. The van der Waals surface area contributed by atoms with Gasteiger partial charge in [0, 0.05) is 12.5 Å². The number of esters is 1. The second-order valence-corrected chi connectivity index (χ2v) is 2.04. The van der Waals surface area contributed by atoms with Gasteiger partial charge in [-0.25, -0.2) is 4.79 Å². The number of hydrogen-bond donors (Lipinski definition) is 1. The molecule has 0 radical (unpaired) electrons. The molecular weight excluding hydrogens is 158 g/mol. The minimum absolute atomic E-state index is 0.171. The van der Waals surface area contributed by atoms with E-state index in [0.717, 1.165) is 6.08 Å². The Morgan fingerprint density at radius 3 is 2.50 bits per heavy atom. The molecule has 0 rings (SSSR count). The summed E-state index contributed by atoms with van der Waals surface area (Å²) < 4.78 is 9.49. The second kappa shape index (κ2) is 6.27. The topological polar surface area (TPSA) is 61.5 Å². The van der Waals surface area contributed by atoms with Gasteiger partial charge < -0.3 is 15.2 Å². The van der Waals surface area contributed by atoms with E-state index in [-0.39, 0.29) is 5.88 Å². The van der Waals surface area contributed by atoms with Crippen LogP contribution in [0.5, 0.6) is 0 Å². The lowest BCUT2D eigenvalue weighted by Gasteiger charge is -2.04. The average Bonchev–Trinajstić information content (AvgIpc) is 2.03.